The predicted octanol–water partition coefficient (Wildman–Crippen LogP) is 3.73. The normalized spacial score (nSPS) is 12.0. The van der Waals surface area contributed by atoms with E-state index in [2.05, 4.69) is 53.8 Å². The number of nitrogens with one attached hydrogen (secondary N) is 2. The van der Waals surface area contributed by atoms with Gasteiger partial charge in [-0.2, -0.15) is 5.10 Å². The van der Waals surface area contributed by atoms with E-state index >= 15 is 0 Å². The van der Waals surface area contributed by atoms with Crippen molar-refractivity contribution >= 4 is 23.0 Å². The average Bonchev–Trinajstić information content (AvgIpc) is 2.83. The largest absolute Gasteiger partial charge is 0.358 e. The third kappa shape index (κ3) is 4.31. The van der Waals surface area contributed by atoms with E-state index in [0.717, 1.165) is 23.4 Å². The van der Waals surface area contributed by atoms with Crippen LogP contribution in [0.3, 0.4) is 0 Å². The zero-order valence-electron chi connectivity index (χ0n) is 13.7. The zero-order chi connectivity index (χ0) is 16.1. The highest BCUT2D eigenvalue weighted by Crippen LogP contribution is 2.20. The molecule has 118 valence electrons. The van der Waals surface area contributed by atoms with Crippen molar-refractivity contribution in [1.29, 1.82) is 0 Å². The third-order valence-corrected chi connectivity index (χ3v) is 4.15. The van der Waals surface area contributed by atoms with Gasteiger partial charge in [-0.3, -0.25) is 4.68 Å². The third-order valence-electron chi connectivity index (χ3n) is 3.90. The first-order valence-corrected chi connectivity index (χ1v) is 8.04. The lowest BCUT2D eigenvalue weighted by molar-refractivity contribution is 0.734. The molecule has 0 aliphatic heterocycles. The highest BCUT2D eigenvalue weighted by atomic mass is 32.1. The Kier molecular flexibility index (Phi) is 5.55. The second kappa shape index (κ2) is 7.40. The number of aryl methyl sites for hydroxylation is 2. The van der Waals surface area contributed by atoms with E-state index in [1.165, 1.54) is 5.56 Å². The van der Waals surface area contributed by atoms with E-state index in [4.69, 9.17) is 12.2 Å². The van der Waals surface area contributed by atoms with Gasteiger partial charge in [0.2, 0.25) is 0 Å². The second-order valence-electron chi connectivity index (χ2n) is 5.65. The number of rotatable bonds is 5. The highest BCUT2D eigenvalue weighted by Gasteiger charge is 2.05. The number of hydrogen-bond acceptors (Lipinski definition) is 2. The second-order valence-corrected chi connectivity index (χ2v) is 6.06. The van der Waals surface area contributed by atoms with E-state index in [9.17, 15) is 0 Å². The molecule has 2 aromatic rings. The SMILES string of the molecule is CCC(C)c1ccc(NC(=S)NCc2cn(C)nc2C)cc1. The minimum absolute atomic E-state index is 0.590. The monoisotopic (exact) mass is 316 g/mol. The molecule has 2 N–H and O–H groups in total. The first-order valence-electron chi connectivity index (χ1n) is 7.63. The summed E-state index contributed by atoms with van der Waals surface area (Å²) < 4.78 is 1.82. The Balaban J connectivity index is 1.88. The van der Waals surface area contributed by atoms with Crippen LogP contribution in [0.25, 0.3) is 0 Å². The van der Waals surface area contributed by atoms with Gasteiger partial charge in [-0.1, -0.05) is 26.0 Å². The molecule has 1 aromatic heterocycles. The molecule has 0 spiro atoms. The fraction of sp³-hybridized carbons (Fsp3) is 0.412. The summed E-state index contributed by atoms with van der Waals surface area (Å²) in [5.74, 6) is 0.590. The molecule has 0 amide bonds. The molecule has 1 aromatic carbocycles. The molecule has 5 heteroatoms. The van der Waals surface area contributed by atoms with Crippen LogP contribution in [-0.4, -0.2) is 14.9 Å². The molecular weight excluding hydrogens is 292 g/mol. The highest BCUT2D eigenvalue weighted by molar-refractivity contribution is 7.80. The Morgan fingerprint density at radius 2 is 2.00 bits per heavy atom. The molecule has 2 rings (SSSR count). The Labute approximate surface area is 137 Å². The lowest BCUT2D eigenvalue weighted by Crippen LogP contribution is -2.28. The maximum Gasteiger partial charge on any atom is 0.171 e. The van der Waals surface area contributed by atoms with E-state index in [0.29, 0.717) is 17.6 Å². The molecule has 1 heterocycles. The molecule has 1 atom stereocenters. The standard InChI is InChI=1S/C17H24N4S/c1-5-12(2)14-6-8-16(9-7-14)19-17(22)18-10-15-11-21(4)20-13(15)3/h6-9,11-12H,5,10H2,1-4H3,(H2,18,19,22). The van der Waals surface area contributed by atoms with Gasteiger partial charge in [-0.25, -0.2) is 0 Å². The molecule has 0 fully saturated rings. The van der Waals surface area contributed by atoms with Crippen molar-refractivity contribution in [3.8, 4) is 0 Å². The molecule has 4 nitrogen and oxygen atoms in total. The van der Waals surface area contributed by atoms with Crippen LogP contribution >= 0.6 is 12.2 Å². The average molecular weight is 316 g/mol. The molecule has 0 saturated carbocycles. The quantitative estimate of drug-likeness (QED) is 0.825. The summed E-state index contributed by atoms with van der Waals surface area (Å²) in [6.45, 7) is 7.12. The molecule has 1 unspecified atom stereocenters. The van der Waals surface area contributed by atoms with Crippen LogP contribution < -0.4 is 10.6 Å². The lowest BCUT2D eigenvalue weighted by atomic mass is 9.99. The van der Waals surface area contributed by atoms with Gasteiger partial charge in [-0.15, -0.1) is 0 Å². The van der Waals surface area contributed by atoms with Crippen molar-refractivity contribution in [3.63, 3.8) is 0 Å². The number of benzene rings is 1. The Morgan fingerprint density at radius 3 is 2.55 bits per heavy atom. The van der Waals surface area contributed by atoms with Crippen molar-refractivity contribution in [2.24, 2.45) is 7.05 Å². The fourth-order valence-electron chi connectivity index (χ4n) is 2.30. The van der Waals surface area contributed by atoms with Crippen LogP contribution in [0.2, 0.25) is 0 Å². The Hall–Kier alpha value is -1.88. The molecular formula is C17H24N4S. The minimum Gasteiger partial charge on any atom is -0.358 e. The van der Waals surface area contributed by atoms with Gasteiger partial charge in [0.05, 0.1) is 5.69 Å². The predicted molar refractivity (Wildman–Crippen MR) is 96.2 cm³/mol. The first-order chi connectivity index (χ1) is 10.5. The van der Waals surface area contributed by atoms with E-state index in [-0.39, 0.29) is 0 Å². The van der Waals surface area contributed by atoms with Gasteiger partial charge in [0.1, 0.15) is 0 Å². The molecule has 0 aliphatic carbocycles. The number of aromatic nitrogens is 2. The van der Waals surface area contributed by atoms with Gasteiger partial charge in [-0.05, 0) is 49.2 Å². The number of nitrogens with zero attached hydrogens (tertiary/aromatic N) is 2. The van der Waals surface area contributed by atoms with Crippen molar-refractivity contribution in [2.45, 2.75) is 39.7 Å². The van der Waals surface area contributed by atoms with Gasteiger partial charge in [0.25, 0.3) is 0 Å². The van der Waals surface area contributed by atoms with Crippen molar-refractivity contribution in [2.75, 3.05) is 5.32 Å². The molecule has 22 heavy (non-hydrogen) atoms. The minimum atomic E-state index is 0.590. The summed E-state index contributed by atoms with van der Waals surface area (Å²) in [5, 5.41) is 11.4. The molecule has 0 radical (unpaired) electrons. The van der Waals surface area contributed by atoms with Crippen molar-refractivity contribution in [1.82, 2.24) is 15.1 Å². The van der Waals surface area contributed by atoms with Crippen LogP contribution in [0.5, 0.6) is 0 Å². The molecule has 0 aliphatic rings. The number of anilines is 1. The van der Waals surface area contributed by atoms with Crippen LogP contribution in [0.15, 0.2) is 30.5 Å². The van der Waals surface area contributed by atoms with E-state index in [1.54, 1.807) is 0 Å². The summed E-state index contributed by atoms with van der Waals surface area (Å²) in [6.07, 6.45) is 3.16. The lowest BCUT2D eigenvalue weighted by Gasteiger charge is -2.12. The maximum absolute atomic E-state index is 5.34. The summed E-state index contributed by atoms with van der Waals surface area (Å²) in [6, 6.07) is 8.46. The van der Waals surface area contributed by atoms with Crippen LogP contribution in [0.4, 0.5) is 5.69 Å². The van der Waals surface area contributed by atoms with Crippen LogP contribution in [-0.2, 0) is 13.6 Å². The van der Waals surface area contributed by atoms with Crippen LogP contribution in [0.1, 0.15) is 43.0 Å². The number of thiocarbonyl (C=S) groups is 1. The van der Waals surface area contributed by atoms with E-state index in [1.807, 2.05) is 24.9 Å². The van der Waals surface area contributed by atoms with Crippen molar-refractivity contribution in [3.05, 3.63) is 47.3 Å². The van der Waals surface area contributed by atoms with Gasteiger partial charge >= 0.3 is 0 Å². The summed E-state index contributed by atoms with van der Waals surface area (Å²) in [7, 11) is 1.92. The van der Waals surface area contributed by atoms with Gasteiger partial charge < -0.3 is 10.6 Å². The van der Waals surface area contributed by atoms with E-state index < -0.39 is 0 Å². The van der Waals surface area contributed by atoms with Crippen molar-refractivity contribution < 1.29 is 0 Å². The Morgan fingerprint density at radius 1 is 1.32 bits per heavy atom. The molecule has 0 bridgehead atoms. The summed E-state index contributed by atoms with van der Waals surface area (Å²) in [4.78, 5) is 0. The maximum atomic E-state index is 5.34. The summed E-state index contributed by atoms with van der Waals surface area (Å²) in [5.41, 5.74) is 4.54. The zero-order valence-corrected chi connectivity index (χ0v) is 14.5. The molecule has 0 saturated heterocycles. The van der Waals surface area contributed by atoms with Gasteiger partial charge in [0, 0.05) is 31.0 Å². The number of hydrogen-bond donors (Lipinski definition) is 2. The fourth-order valence-corrected chi connectivity index (χ4v) is 2.49. The topological polar surface area (TPSA) is 41.9 Å². The smallest absolute Gasteiger partial charge is 0.171 e. The Bertz CT molecular complexity index is 631. The first kappa shape index (κ1) is 16.5. The van der Waals surface area contributed by atoms with Crippen LogP contribution in [0, 0.1) is 6.92 Å². The summed E-state index contributed by atoms with van der Waals surface area (Å²) >= 11 is 5.34. The van der Waals surface area contributed by atoms with Gasteiger partial charge in [0.15, 0.2) is 5.11 Å².